The van der Waals surface area contributed by atoms with E-state index in [-0.39, 0.29) is 6.61 Å². The van der Waals surface area contributed by atoms with Crippen molar-refractivity contribution in [3.63, 3.8) is 0 Å². The van der Waals surface area contributed by atoms with Gasteiger partial charge in [-0.15, -0.1) is 10.2 Å². The van der Waals surface area contributed by atoms with Gasteiger partial charge in [-0.2, -0.15) is 0 Å². The molecule has 0 amide bonds. The van der Waals surface area contributed by atoms with Crippen LogP contribution < -0.4 is 9.47 Å². The van der Waals surface area contributed by atoms with Crippen molar-refractivity contribution < 1.29 is 13.9 Å². The van der Waals surface area contributed by atoms with E-state index in [1.807, 2.05) is 55.5 Å². The zero-order chi connectivity index (χ0) is 15.4. The van der Waals surface area contributed by atoms with Gasteiger partial charge in [0.2, 0.25) is 5.89 Å². The highest BCUT2D eigenvalue weighted by Gasteiger charge is 2.10. The fraction of sp³-hybridized carbons (Fsp3) is 0.176. The summed E-state index contributed by atoms with van der Waals surface area (Å²) in [5, 5.41) is 8.03. The van der Waals surface area contributed by atoms with E-state index in [9.17, 15) is 0 Å². The zero-order valence-electron chi connectivity index (χ0n) is 12.4. The van der Waals surface area contributed by atoms with Crippen LogP contribution in [0.2, 0.25) is 0 Å². The van der Waals surface area contributed by atoms with Gasteiger partial charge in [-0.25, -0.2) is 0 Å². The van der Waals surface area contributed by atoms with Crippen LogP contribution in [0.4, 0.5) is 0 Å². The fourth-order valence-corrected chi connectivity index (χ4v) is 1.96. The summed E-state index contributed by atoms with van der Waals surface area (Å²) in [6.45, 7) is 2.27. The SMILES string of the molecule is COc1cccc(-c2nnc(COc3ccc(C)cc3)o2)c1. The van der Waals surface area contributed by atoms with Gasteiger partial charge >= 0.3 is 0 Å². The van der Waals surface area contributed by atoms with Crippen LogP contribution in [0.15, 0.2) is 52.9 Å². The number of benzene rings is 2. The van der Waals surface area contributed by atoms with E-state index in [0.29, 0.717) is 11.8 Å². The molecule has 0 spiro atoms. The molecule has 3 rings (SSSR count). The molecule has 0 aliphatic heterocycles. The maximum atomic E-state index is 5.62. The van der Waals surface area contributed by atoms with Crippen molar-refractivity contribution in [1.82, 2.24) is 10.2 Å². The molecule has 112 valence electrons. The Kier molecular flexibility index (Phi) is 4.05. The van der Waals surface area contributed by atoms with Gasteiger partial charge in [-0.1, -0.05) is 23.8 Å². The lowest BCUT2D eigenvalue weighted by molar-refractivity contribution is 0.264. The van der Waals surface area contributed by atoms with Crippen molar-refractivity contribution in [2.24, 2.45) is 0 Å². The molecule has 3 aromatic rings. The molecule has 1 aromatic heterocycles. The summed E-state index contributed by atoms with van der Waals surface area (Å²) in [6, 6.07) is 15.3. The average molecular weight is 296 g/mol. The summed E-state index contributed by atoms with van der Waals surface area (Å²) in [5.41, 5.74) is 2.00. The molecule has 1 heterocycles. The minimum atomic E-state index is 0.236. The van der Waals surface area contributed by atoms with Crippen LogP contribution >= 0.6 is 0 Å². The molecule has 0 unspecified atom stereocenters. The van der Waals surface area contributed by atoms with Crippen LogP contribution in [-0.4, -0.2) is 17.3 Å². The molecule has 2 aromatic carbocycles. The summed E-state index contributed by atoms with van der Waals surface area (Å²) in [5.74, 6) is 2.39. The van der Waals surface area contributed by atoms with E-state index in [1.165, 1.54) is 5.56 Å². The van der Waals surface area contributed by atoms with E-state index in [1.54, 1.807) is 7.11 Å². The molecule has 0 fully saturated rings. The summed E-state index contributed by atoms with van der Waals surface area (Å²) in [7, 11) is 1.62. The maximum absolute atomic E-state index is 5.62. The number of rotatable bonds is 5. The third kappa shape index (κ3) is 3.25. The lowest BCUT2D eigenvalue weighted by Gasteiger charge is -2.03. The molecule has 22 heavy (non-hydrogen) atoms. The number of nitrogens with zero attached hydrogens (tertiary/aromatic N) is 2. The van der Waals surface area contributed by atoms with E-state index in [2.05, 4.69) is 10.2 Å². The van der Waals surface area contributed by atoms with Gasteiger partial charge < -0.3 is 13.9 Å². The Morgan fingerprint density at radius 1 is 1.00 bits per heavy atom. The second-order valence-electron chi connectivity index (χ2n) is 4.83. The van der Waals surface area contributed by atoms with E-state index in [4.69, 9.17) is 13.9 Å². The van der Waals surface area contributed by atoms with Gasteiger partial charge in [0.1, 0.15) is 11.5 Å². The van der Waals surface area contributed by atoms with Crippen molar-refractivity contribution in [3.8, 4) is 23.0 Å². The first-order valence-corrected chi connectivity index (χ1v) is 6.91. The van der Waals surface area contributed by atoms with Crippen LogP contribution in [0.3, 0.4) is 0 Å². The van der Waals surface area contributed by atoms with E-state index in [0.717, 1.165) is 17.1 Å². The number of hydrogen-bond donors (Lipinski definition) is 0. The molecule has 5 nitrogen and oxygen atoms in total. The standard InChI is InChI=1S/C17H16N2O3/c1-12-6-8-14(9-7-12)21-11-16-18-19-17(22-16)13-4-3-5-15(10-13)20-2/h3-10H,11H2,1-2H3. The first-order chi connectivity index (χ1) is 10.7. The van der Waals surface area contributed by atoms with Gasteiger partial charge in [-0.3, -0.25) is 0 Å². The highest BCUT2D eigenvalue weighted by Crippen LogP contribution is 2.23. The summed E-state index contributed by atoms with van der Waals surface area (Å²) in [6.07, 6.45) is 0. The number of ether oxygens (including phenoxy) is 2. The topological polar surface area (TPSA) is 57.4 Å². The smallest absolute Gasteiger partial charge is 0.254 e. The summed E-state index contributed by atoms with van der Waals surface area (Å²) < 4.78 is 16.4. The van der Waals surface area contributed by atoms with Gasteiger partial charge in [0.25, 0.3) is 5.89 Å². The second-order valence-corrected chi connectivity index (χ2v) is 4.83. The Morgan fingerprint density at radius 2 is 1.82 bits per heavy atom. The lowest BCUT2D eigenvalue weighted by Crippen LogP contribution is -1.95. The molecule has 0 bridgehead atoms. The molecule has 5 heteroatoms. The van der Waals surface area contributed by atoms with Crippen LogP contribution in [0.5, 0.6) is 11.5 Å². The van der Waals surface area contributed by atoms with Crippen molar-refractivity contribution >= 4 is 0 Å². The van der Waals surface area contributed by atoms with Crippen molar-refractivity contribution in [2.45, 2.75) is 13.5 Å². The van der Waals surface area contributed by atoms with Crippen LogP contribution in [0.25, 0.3) is 11.5 Å². The van der Waals surface area contributed by atoms with E-state index >= 15 is 0 Å². The minimum Gasteiger partial charge on any atom is -0.497 e. The summed E-state index contributed by atoms with van der Waals surface area (Å²) in [4.78, 5) is 0. The average Bonchev–Trinajstić information content (AvgIpc) is 3.03. The Morgan fingerprint density at radius 3 is 2.59 bits per heavy atom. The third-order valence-corrected chi connectivity index (χ3v) is 3.17. The predicted octanol–water partition coefficient (Wildman–Crippen LogP) is 3.63. The van der Waals surface area contributed by atoms with Gasteiger partial charge in [0.15, 0.2) is 6.61 Å². The van der Waals surface area contributed by atoms with Gasteiger partial charge in [0.05, 0.1) is 7.11 Å². The van der Waals surface area contributed by atoms with Crippen LogP contribution in [0, 0.1) is 6.92 Å². The van der Waals surface area contributed by atoms with Gasteiger partial charge in [0, 0.05) is 5.56 Å². The number of methoxy groups -OCH3 is 1. The Balaban J connectivity index is 1.69. The molecular formula is C17H16N2O3. The van der Waals surface area contributed by atoms with Gasteiger partial charge in [-0.05, 0) is 37.3 Å². The second kappa shape index (κ2) is 6.30. The Hall–Kier alpha value is -2.82. The van der Waals surface area contributed by atoms with Crippen molar-refractivity contribution in [2.75, 3.05) is 7.11 Å². The first kappa shape index (κ1) is 14.1. The quantitative estimate of drug-likeness (QED) is 0.719. The molecule has 0 saturated carbocycles. The normalized spacial score (nSPS) is 10.5. The molecule has 0 atom stereocenters. The lowest BCUT2D eigenvalue weighted by atomic mass is 10.2. The number of hydrogen-bond acceptors (Lipinski definition) is 5. The molecular weight excluding hydrogens is 280 g/mol. The zero-order valence-corrected chi connectivity index (χ0v) is 12.4. The number of aromatic nitrogens is 2. The highest BCUT2D eigenvalue weighted by molar-refractivity contribution is 5.55. The molecule has 0 aliphatic rings. The first-order valence-electron chi connectivity index (χ1n) is 6.91. The predicted molar refractivity (Wildman–Crippen MR) is 81.8 cm³/mol. The van der Waals surface area contributed by atoms with Crippen LogP contribution in [-0.2, 0) is 6.61 Å². The third-order valence-electron chi connectivity index (χ3n) is 3.17. The van der Waals surface area contributed by atoms with Crippen molar-refractivity contribution in [1.29, 1.82) is 0 Å². The highest BCUT2D eigenvalue weighted by atomic mass is 16.5. The van der Waals surface area contributed by atoms with Crippen LogP contribution in [0.1, 0.15) is 11.5 Å². The maximum Gasteiger partial charge on any atom is 0.254 e. The monoisotopic (exact) mass is 296 g/mol. The Bertz CT molecular complexity index is 751. The Labute approximate surface area is 128 Å². The van der Waals surface area contributed by atoms with E-state index < -0.39 is 0 Å². The summed E-state index contributed by atoms with van der Waals surface area (Å²) >= 11 is 0. The fourth-order valence-electron chi connectivity index (χ4n) is 1.96. The van der Waals surface area contributed by atoms with Crippen molar-refractivity contribution in [3.05, 3.63) is 60.0 Å². The molecule has 0 saturated heterocycles. The molecule has 0 radical (unpaired) electrons. The molecule has 0 aliphatic carbocycles. The minimum absolute atomic E-state index is 0.236. The molecule has 0 N–H and O–H groups in total. The largest absolute Gasteiger partial charge is 0.497 e. The number of aryl methyl sites for hydroxylation is 1.